The predicted molar refractivity (Wildman–Crippen MR) is 113 cm³/mol. The summed E-state index contributed by atoms with van der Waals surface area (Å²) >= 11 is 0. The molecular formula is C21H21N3O5S. The molecule has 0 aliphatic heterocycles. The van der Waals surface area contributed by atoms with Crippen molar-refractivity contribution in [3.8, 4) is 0 Å². The zero-order chi connectivity index (χ0) is 21.9. The number of aryl methyl sites for hydroxylation is 1. The van der Waals surface area contributed by atoms with Crippen molar-refractivity contribution in [1.29, 1.82) is 0 Å². The predicted octanol–water partition coefficient (Wildman–Crippen LogP) is 2.59. The SMILES string of the molecule is Cc1cc(C(=O)OCC(=O)Nc2ccc(S(=O)(=O)N(C)C)cc2)c2ccccc2n1. The maximum Gasteiger partial charge on any atom is 0.339 e. The molecule has 0 saturated heterocycles. The van der Waals surface area contributed by atoms with E-state index >= 15 is 0 Å². The van der Waals surface area contributed by atoms with Gasteiger partial charge in [0.1, 0.15) is 0 Å². The fraction of sp³-hybridized carbons (Fsp3) is 0.190. The topological polar surface area (TPSA) is 106 Å². The van der Waals surface area contributed by atoms with Crippen LogP contribution in [0.25, 0.3) is 10.9 Å². The Balaban J connectivity index is 1.65. The third-order valence-electron chi connectivity index (χ3n) is 4.32. The van der Waals surface area contributed by atoms with E-state index in [0.29, 0.717) is 27.8 Å². The van der Waals surface area contributed by atoms with Gasteiger partial charge in [-0.3, -0.25) is 9.78 Å². The number of para-hydroxylation sites is 1. The van der Waals surface area contributed by atoms with Crippen LogP contribution in [0.1, 0.15) is 16.1 Å². The van der Waals surface area contributed by atoms with Gasteiger partial charge in [0.05, 0.1) is 16.0 Å². The summed E-state index contributed by atoms with van der Waals surface area (Å²) in [4.78, 5) is 29.1. The highest BCUT2D eigenvalue weighted by Gasteiger charge is 2.17. The van der Waals surface area contributed by atoms with Crippen LogP contribution in [0.3, 0.4) is 0 Å². The Bertz CT molecular complexity index is 1210. The van der Waals surface area contributed by atoms with E-state index in [1.165, 1.54) is 38.4 Å². The first kappa shape index (κ1) is 21.4. The minimum absolute atomic E-state index is 0.108. The second-order valence-electron chi connectivity index (χ2n) is 6.76. The third-order valence-corrected chi connectivity index (χ3v) is 6.14. The highest BCUT2D eigenvalue weighted by atomic mass is 32.2. The van der Waals surface area contributed by atoms with Crippen molar-refractivity contribution < 1.29 is 22.7 Å². The van der Waals surface area contributed by atoms with E-state index in [-0.39, 0.29) is 4.90 Å². The number of hydrogen-bond acceptors (Lipinski definition) is 6. The number of ether oxygens (including phenoxy) is 1. The Morgan fingerprint density at radius 2 is 1.73 bits per heavy atom. The molecule has 0 saturated carbocycles. The average Bonchev–Trinajstić information content (AvgIpc) is 2.71. The molecule has 0 fully saturated rings. The molecule has 0 bridgehead atoms. The van der Waals surface area contributed by atoms with E-state index in [1.54, 1.807) is 31.2 Å². The molecule has 3 rings (SSSR count). The molecule has 8 nitrogen and oxygen atoms in total. The summed E-state index contributed by atoms with van der Waals surface area (Å²) < 4.78 is 30.4. The molecule has 9 heteroatoms. The van der Waals surface area contributed by atoms with Crippen molar-refractivity contribution in [3.63, 3.8) is 0 Å². The van der Waals surface area contributed by atoms with Crippen LogP contribution in [0.5, 0.6) is 0 Å². The number of nitrogens with one attached hydrogen (secondary N) is 1. The molecule has 0 spiro atoms. The van der Waals surface area contributed by atoms with Gasteiger partial charge in [0.25, 0.3) is 5.91 Å². The molecule has 3 aromatic rings. The van der Waals surface area contributed by atoms with E-state index in [1.807, 2.05) is 6.07 Å². The van der Waals surface area contributed by atoms with Gasteiger partial charge in [-0.1, -0.05) is 18.2 Å². The molecule has 1 aromatic heterocycles. The number of fused-ring (bicyclic) bond motifs is 1. The molecule has 156 valence electrons. The smallest absolute Gasteiger partial charge is 0.339 e. The number of carbonyl (C=O) groups is 2. The molecule has 0 aliphatic rings. The summed E-state index contributed by atoms with van der Waals surface area (Å²) in [6, 6.07) is 14.5. The minimum Gasteiger partial charge on any atom is -0.452 e. The van der Waals surface area contributed by atoms with Crippen LogP contribution in [0.4, 0.5) is 5.69 Å². The lowest BCUT2D eigenvalue weighted by molar-refractivity contribution is -0.119. The van der Waals surface area contributed by atoms with Crippen LogP contribution >= 0.6 is 0 Å². The summed E-state index contributed by atoms with van der Waals surface area (Å²) in [6.45, 7) is 1.29. The van der Waals surface area contributed by atoms with Crippen molar-refractivity contribution in [2.24, 2.45) is 0 Å². The lowest BCUT2D eigenvalue weighted by Gasteiger charge is -2.12. The Morgan fingerprint density at radius 3 is 2.40 bits per heavy atom. The fourth-order valence-corrected chi connectivity index (χ4v) is 3.71. The monoisotopic (exact) mass is 427 g/mol. The Hall–Kier alpha value is -3.30. The van der Waals surface area contributed by atoms with E-state index in [2.05, 4.69) is 10.3 Å². The summed E-state index contributed by atoms with van der Waals surface area (Å²) in [6.07, 6.45) is 0. The normalized spacial score (nSPS) is 11.5. The minimum atomic E-state index is -3.55. The Labute approximate surface area is 174 Å². The fourth-order valence-electron chi connectivity index (χ4n) is 2.80. The number of esters is 1. The number of benzene rings is 2. The molecule has 2 aromatic carbocycles. The van der Waals surface area contributed by atoms with Gasteiger partial charge in [0.15, 0.2) is 6.61 Å². The van der Waals surface area contributed by atoms with E-state index in [0.717, 1.165) is 4.31 Å². The van der Waals surface area contributed by atoms with Gasteiger partial charge in [-0.05, 0) is 43.3 Å². The lowest BCUT2D eigenvalue weighted by Crippen LogP contribution is -2.22. The molecule has 0 unspecified atom stereocenters. The number of rotatable bonds is 6. The van der Waals surface area contributed by atoms with E-state index in [9.17, 15) is 18.0 Å². The zero-order valence-corrected chi connectivity index (χ0v) is 17.6. The van der Waals surface area contributed by atoms with Crippen LogP contribution < -0.4 is 5.32 Å². The van der Waals surface area contributed by atoms with Crippen molar-refractivity contribution >= 4 is 38.5 Å². The number of carbonyl (C=O) groups excluding carboxylic acids is 2. The first-order valence-electron chi connectivity index (χ1n) is 9.04. The van der Waals surface area contributed by atoms with Crippen molar-refractivity contribution in [1.82, 2.24) is 9.29 Å². The number of hydrogen-bond donors (Lipinski definition) is 1. The molecular weight excluding hydrogens is 406 g/mol. The van der Waals surface area contributed by atoms with Crippen LogP contribution in [-0.2, 0) is 19.6 Å². The highest BCUT2D eigenvalue weighted by Crippen LogP contribution is 2.19. The van der Waals surface area contributed by atoms with Gasteiger partial charge in [0, 0.05) is 30.9 Å². The van der Waals surface area contributed by atoms with Gasteiger partial charge in [-0.15, -0.1) is 0 Å². The van der Waals surface area contributed by atoms with Crippen LogP contribution in [0.15, 0.2) is 59.5 Å². The Morgan fingerprint density at radius 1 is 1.07 bits per heavy atom. The van der Waals surface area contributed by atoms with Gasteiger partial charge < -0.3 is 10.1 Å². The maximum atomic E-state index is 12.5. The molecule has 0 radical (unpaired) electrons. The van der Waals surface area contributed by atoms with Crippen molar-refractivity contribution in [2.45, 2.75) is 11.8 Å². The number of sulfonamides is 1. The summed E-state index contributed by atoms with van der Waals surface area (Å²) in [5.41, 5.74) is 2.06. The maximum absolute atomic E-state index is 12.5. The second kappa shape index (κ2) is 8.60. The van der Waals surface area contributed by atoms with E-state index < -0.39 is 28.5 Å². The van der Waals surface area contributed by atoms with Crippen molar-refractivity contribution in [2.75, 3.05) is 26.0 Å². The average molecular weight is 427 g/mol. The third kappa shape index (κ3) is 4.64. The summed E-state index contributed by atoms with van der Waals surface area (Å²) in [5.74, 6) is -1.17. The quantitative estimate of drug-likeness (QED) is 0.606. The number of amides is 1. The van der Waals surface area contributed by atoms with Crippen LogP contribution in [0, 0.1) is 6.92 Å². The second-order valence-corrected chi connectivity index (χ2v) is 8.92. The molecule has 30 heavy (non-hydrogen) atoms. The zero-order valence-electron chi connectivity index (χ0n) is 16.7. The molecule has 1 amide bonds. The summed E-state index contributed by atoms with van der Waals surface area (Å²) in [5, 5.41) is 3.21. The van der Waals surface area contributed by atoms with Crippen LogP contribution in [-0.4, -0.2) is 50.3 Å². The van der Waals surface area contributed by atoms with Gasteiger partial charge in [0.2, 0.25) is 10.0 Å². The number of nitrogens with zero attached hydrogens (tertiary/aromatic N) is 2. The van der Waals surface area contributed by atoms with Gasteiger partial charge in [-0.2, -0.15) is 0 Å². The largest absolute Gasteiger partial charge is 0.452 e. The molecule has 1 heterocycles. The van der Waals surface area contributed by atoms with Crippen LogP contribution in [0.2, 0.25) is 0 Å². The number of aromatic nitrogens is 1. The first-order chi connectivity index (χ1) is 14.2. The highest BCUT2D eigenvalue weighted by molar-refractivity contribution is 7.89. The Kier molecular flexibility index (Phi) is 6.14. The lowest BCUT2D eigenvalue weighted by atomic mass is 10.1. The van der Waals surface area contributed by atoms with Gasteiger partial charge >= 0.3 is 5.97 Å². The number of pyridine rings is 1. The van der Waals surface area contributed by atoms with Gasteiger partial charge in [-0.25, -0.2) is 17.5 Å². The molecule has 0 atom stereocenters. The van der Waals surface area contributed by atoms with Crippen molar-refractivity contribution in [3.05, 3.63) is 65.9 Å². The van der Waals surface area contributed by atoms with E-state index in [4.69, 9.17) is 4.74 Å². The molecule has 1 N–H and O–H groups in total. The molecule has 0 aliphatic carbocycles. The standard InChI is InChI=1S/C21H21N3O5S/c1-14-12-18(17-6-4-5-7-19(17)22-14)21(26)29-13-20(25)23-15-8-10-16(11-9-15)30(27,28)24(2)3/h4-12H,13H2,1-3H3,(H,23,25). The number of anilines is 1. The summed E-state index contributed by atoms with van der Waals surface area (Å²) in [7, 11) is -0.675. The first-order valence-corrected chi connectivity index (χ1v) is 10.5.